The second-order valence-electron chi connectivity index (χ2n) is 6.05. The zero-order valence-electron chi connectivity index (χ0n) is 14.4. The van der Waals surface area contributed by atoms with Crippen molar-refractivity contribution in [1.82, 2.24) is 10.2 Å². The summed E-state index contributed by atoms with van der Waals surface area (Å²) in [5.74, 6) is -1.43. The number of benzene rings is 2. The van der Waals surface area contributed by atoms with Gasteiger partial charge in [0, 0.05) is 24.0 Å². The van der Waals surface area contributed by atoms with Gasteiger partial charge in [0.2, 0.25) is 17.7 Å². The molecule has 1 N–H and O–H groups in total. The molecule has 0 spiro atoms. The summed E-state index contributed by atoms with van der Waals surface area (Å²) in [6, 6.07) is 11.4. The summed E-state index contributed by atoms with van der Waals surface area (Å²) in [6.45, 7) is 0. The number of hydrogen-bond acceptors (Lipinski definition) is 6. The molecule has 0 unspecified atom stereocenters. The number of hydrogen-bond donors (Lipinski definition) is 1. The van der Waals surface area contributed by atoms with E-state index < -0.39 is 11.7 Å². The van der Waals surface area contributed by atoms with Crippen molar-refractivity contribution < 1.29 is 23.2 Å². The Morgan fingerprint density at radius 3 is 2.46 bits per heavy atom. The Morgan fingerprint density at radius 2 is 1.75 bits per heavy atom. The Balaban J connectivity index is 1.51. The van der Waals surface area contributed by atoms with Crippen LogP contribution in [0.1, 0.15) is 23.2 Å². The molecule has 8 nitrogen and oxygen atoms in total. The highest BCUT2D eigenvalue weighted by Crippen LogP contribution is 2.24. The van der Waals surface area contributed by atoms with E-state index in [2.05, 4.69) is 15.5 Å². The lowest BCUT2D eigenvalue weighted by Crippen LogP contribution is -2.28. The molecule has 0 aliphatic carbocycles. The zero-order chi connectivity index (χ0) is 19.7. The van der Waals surface area contributed by atoms with E-state index in [0.717, 1.165) is 4.90 Å². The van der Waals surface area contributed by atoms with E-state index in [0.29, 0.717) is 11.3 Å². The molecule has 1 aliphatic rings. The number of nitrogens with one attached hydrogen (secondary N) is 1. The fourth-order valence-electron chi connectivity index (χ4n) is 2.80. The molecule has 4 rings (SSSR count). The van der Waals surface area contributed by atoms with Crippen molar-refractivity contribution >= 4 is 29.4 Å². The highest BCUT2D eigenvalue weighted by Gasteiger charge is 2.30. The number of amides is 3. The minimum atomic E-state index is -0.546. The molecule has 3 amide bonds. The fourth-order valence-corrected chi connectivity index (χ4v) is 2.80. The van der Waals surface area contributed by atoms with Crippen LogP contribution in [0.25, 0.3) is 11.5 Å². The van der Waals surface area contributed by atoms with Gasteiger partial charge in [-0.1, -0.05) is 11.2 Å². The van der Waals surface area contributed by atoms with Crippen LogP contribution in [0, 0.1) is 5.82 Å². The average molecular weight is 380 g/mol. The minimum Gasteiger partial charge on any atom is -0.403 e. The molecule has 1 aromatic heterocycles. The van der Waals surface area contributed by atoms with E-state index in [1.54, 1.807) is 12.1 Å². The monoisotopic (exact) mass is 380 g/mol. The topological polar surface area (TPSA) is 105 Å². The smallest absolute Gasteiger partial charge is 0.322 e. The maximum absolute atomic E-state index is 13.0. The van der Waals surface area contributed by atoms with E-state index in [1.807, 2.05) is 0 Å². The van der Waals surface area contributed by atoms with Gasteiger partial charge in [0.05, 0.1) is 5.69 Å². The lowest BCUT2D eigenvalue weighted by molar-refractivity contribution is -0.121. The summed E-state index contributed by atoms with van der Waals surface area (Å²) in [4.78, 5) is 37.3. The molecule has 0 radical (unpaired) electrons. The molecule has 2 aromatic carbocycles. The Hall–Kier alpha value is -3.88. The molecular formula is C19H13FN4O4. The lowest BCUT2D eigenvalue weighted by atomic mass is 10.2. The van der Waals surface area contributed by atoms with E-state index in [9.17, 15) is 18.8 Å². The van der Waals surface area contributed by atoms with Gasteiger partial charge in [-0.05, 0) is 42.5 Å². The van der Waals surface area contributed by atoms with Crippen LogP contribution in [0.3, 0.4) is 0 Å². The molecule has 0 bridgehead atoms. The van der Waals surface area contributed by atoms with Gasteiger partial charge in [0.25, 0.3) is 5.91 Å². The van der Waals surface area contributed by atoms with Gasteiger partial charge in [-0.15, -0.1) is 5.10 Å². The van der Waals surface area contributed by atoms with Crippen LogP contribution in [0.2, 0.25) is 0 Å². The van der Waals surface area contributed by atoms with Crippen LogP contribution in [0.4, 0.5) is 16.1 Å². The second kappa shape index (κ2) is 7.03. The molecular weight excluding hydrogens is 367 g/mol. The highest BCUT2D eigenvalue weighted by atomic mass is 19.1. The predicted molar refractivity (Wildman–Crippen MR) is 95.8 cm³/mol. The van der Waals surface area contributed by atoms with Gasteiger partial charge in [0.1, 0.15) is 5.82 Å². The van der Waals surface area contributed by atoms with Crippen LogP contribution < -0.4 is 10.2 Å². The van der Waals surface area contributed by atoms with Crippen LogP contribution in [0.15, 0.2) is 52.9 Å². The first-order valence-electron chi connectivity index (χ1n) is 8.38. The Labute approximate surface area is 158 Å². The lowest BCUT2D eigenvalue weighted by Gasteiger charge is -2.14. The molecule has 0 saturated carbocycles. The van der Waals surface area contributed by atoms with Gasteiger partial charge in [0.15, 0.2) is 0 Å². The summed E-state index contributed by atoms with van der Waals surface area (Å²) in [5.41, 5.74) is 1.05. The van der Waals surface area contributed by atoms with Crippen molar-refractivity contribution in [2.75, 3.05) is 10.2 Å². The maximum atomic E-state index is 13.0. The number of aromatic nitrogens is 2. The predicted octanol–water partition coefficient (Wildman–Crippen LogP) is 2.78. The molecule has 1 saturated heterocycles. The van der Waals surface area contributed by atoms with E-state index >= 15 is 0 Å². The average Bonchev–Trinajstić information content (AvgIpc) is 3.29. The van der Waals surface area contributed by atoms with Crippen molar-refractivity contribution in [2.24, 2.45) is 0 Å². The van der Waals surface area contributed by atoms with E-state index in [1.165, 1.54) is 36.4 Å². The first-order valence-corrected chi connectivity index (χ1v) is 8.38. The van der Waals surface area contributed by atoms with Crippen LogP contribution in [-0.2, 0) is 9.59 Å². The van der Waals surface area contributed by atoms with E-state index in [-0.39, 0.29) is 42.1 Å². The highest BCUT2D eigenvalue weighted by molar-refractivity contribution is 6.20. The number of halogens is 1. The van der Waals surface area contributed by atoms with Gasteiger partial charge < -0.3 is 4.42 Å². The van der Waals surface area contributed by atoms with Crippen molar-refractivity contribution in [3.8, 4) is 11.5 Å². The summed E-state index contributed by atoms with van der Waals surface area (Å²) in [5, 5.41) is 10.0. The van der Waals surface area contributed by atoms with Gasteiger partial charge in [-0.2, -0.15) is 0 Å². The molecule has 1 aliphatic heterocycles. The van der Waals surface area contributed by atoms with Crippen molar-refractivity contribution in [1.29, 1.82) is 0 Å². The van der Waals surface area contributed by atoms with Crippen molar-refractivity contribution in [3.05, 3.63) is 59.9 Å². The third kappa shape index (κ3) is 3.37. The largest absolute Gasteiger partial charge is 0.403 e. The number of carbonyl (C=O) groups excluding carboxylic acids is 3. The zero-order valence-corrected chi connectivity index (χ0v) is 14.4. The van der Waals surface area contributed by atoms with Gasteiger partial charge >= 0.3 is 6.01 Å². The van der Waals surface area contributed by atoms with E-state index in [4.69, 9.17) is 4.42 Å². The first kappa shape index (κ1) is 17.5. The Morgan fingerprint density at radius 1 is 1.04 bits per heavy atom. The fraction of sp³-hybridized carbons (Fsp3) is 0.105. The summed E-state index contributed by atoms with van der Waals surface area (Å²) >= 11 is 0. The third-order valence-corrected chi connectivity index (χ3v) is 4.15. The minimum absolute atomic E-state index is 0.123. The third-order valence-electron chi connectivity index (χ3n) is 4.15. The maximum Gasteiger partial charge on any atom is 0.322 e. The standard InChI is InChI=1S/C19H13FN4O4/c20-13-6-4-11(5-7-13)18-22-23-19(28-18)21-17(27)12-2-1-3-14(10-12)24-15(25)8-9-16(24)26/h1-7,10H,8-9H2,(H,21,23,27). The number of rotatable bonds is 4. The number of imide groups is 1. The summed E-state index contributed by atoms with van der Waals surface area (Å²) < 4.78 is 18.4. The summed E-state index contributed by atoms with van der Waals surface area (Å²) in [7, 11) is 0. The summed E-state index contributed by atoms with van der Waals surface area (Å²) in [6.07, 6.45) is 0.312. The van der Waals surface area contributed by atoms with Crippen LogP contribution in [-0.4, -0.2) is 27.9 Å². The number of anilines is 2. The van der Waals surface area contributed by atoms with Crippen LogP contribution >= 0.6 is 0 Å². The van der Waals surface area contributed by atoms with Crippen LogP contribution in [0.5, 0.6) is 0 Å². The molecule has 140 valence electrons. The van der Waals surface area contributed by atoms with Crippen molar-refractivity contribution in [3.63, 3.8) is 0 Å². The molecule has 1 fully saturated rings. The Kier molecular flexibility index (Phi) is 4.40. The van der Waals surface area contributed by atoms with Crippen molar-refractivity contribution in [2.45, 2.75) is 12.8 Å². The molecule has 3 aromatic rings. The quantitative estimate of drug-likeness (QED) is 0.698. The SMILES string of the molecule is O=C(Nc1nnc(-c2ccc(F)cc2)o1)c1cccc(N2C(=O)CCC2=O)c1. The molecule has 2 heterocycles. The second-order valence-corrected chi connectivity index (χ2v) is 6.05. The van der Waals surface area contributed by atoms with Gasteiger partial charge in [-0.3, -0.25) is 24.6 Å². The Bertz CT molecular complexity index is 1060. The molecule has 0 atom stereocenters. The van der Waals surface area contributed by atoms with Gasteiger partial charge in [-0.25, -0.2) is 4.39 Å². The molecule has 9 heteroatoms. The molecule has 28 heavy (non-hydrogen) atoms. The number of nitrogens with zero attached hydrogens (tertiary/aromatic N) is 3. The first-order chi connectivity index (χ1) is 13.5. The normalized spacial score (nSPS) is 13.8. The number of carbonyl (C=O) groups is 3.